The van der Waals surface area contributed by atoms with Gasteiger partial charge in [0.15, 0.2) is 0 Å². The van der Waals surface area contributed by atoms with E-state index in [4.69, 9.17) is 9.47 Å². The Morgan fingerprint density at radius 1 is 0.380 bits per heavy atom. The molecule has 0 aromatic carbocycles. The van der Waals surface area contributed by atoms with E-state index in [1.807, 2.05) is 0 Å². The molecule has 0 aliphatic heterocycles. The molecule has 0 N–H and O–H groups in total. The third-order valence-electron chi connectivity index (χ3n) is 8.83. The molecule has 0 spiro atoms. The largest absolute Gasteiger partial charge is 1.00 e. The first-order valence-electron chi connectivity index (χ1n) is 19.5. The molecule has 0 fully saturated rings. The van der Waals surface area contributed by atoms with E-state index in [1.54, 1.807) is 0 Å². The van der Waals surface area contributed by atoms with E-state index < -0.39 is 46.2 Å². The number of ether oxygens (including phenoxy) is 2. The predicted octanol–water partition coefficient (Wildman–Crippen LogP) is 3.68. The Bertz CT molecular complexity index is 823. The number of unbranched alkanes of at least 4 members (excludes halogenated alkanes) is 26. The molecule has 0 rings (SSSR count). The molecule has 0 aliphatic carbocycles. The number of hydrogen-bond donors (Lipinski definition) is 0. The van der Waals surface area contributed by atoms with E-state index in [1.165, 1.54) is 128 Å². The van der Waals surface area contributed by atoms with Crippen molar-refractivity contribution < 1.29 is 103 Å². The Hall–Kier alpha value is 1.66. The molecule has 0 bridgehead atoms. The molecular weight excluding hydrogens is 702 g/mol. The molecule has 0 amide bonds. The SMILES string of the molecule is CCCCCCCCCCCCCCCCO[C@@H](COS(=O)(=O)[O-])[C@H](COS(=O)(=O)[O-])OCCCCCCCCCCCCCCCC.[Na+].[Na+]. The predicted molar refractivity (Wildman–Crippen MR) is 191 cm³/mol. The number of rotatable bonds is 39. The molecule has 0 saturated heterocycles. The van der Waals surface area contributed by atoms with Gasteiger partial charge in [0, 0.05) is 13.2 Å². The quantitative estimate of drug-likeness (QED) is 0.0392. The second-order valence-electron chi connectivity index (χ2n) is 13.4. The maximum atomic E-state index is 11.1. The van der Waals surface area contributed by atoms with Crippen LogP contribution in [0.1, 0.15) is 194 Å². The van der Waals surface area contributed by atoms with Crippen molar-refractivity contribution in [3.05, 3.63) is 0 Å². The minimum Gasteiger partial charge on any atom is -0.726 e. The summed E-state index contributed by atoms with van der Waals surface area (Å²) < 4.78 is 87.4. The molecule has 50 heavy (non-hydrogen) atoms. The molecule has 10 nitrogen and oxygen atoms in total. The molecule has 290 valence electrons. The van der Waals surface area contributed by atoms with Crippen molar-refractivity contribution in [3.8, 4) is 0 Å². The van der Waals surface area contributed by atoms with Gasteiger partial charge in [-0.25, -0.2) is 16.8 Å². The van der Waals surface area contributed by atoms with Gasteiger partial charge in [0.25, 0.3) is 0 Å². The van der Waals surface area contributed by atoms with Gasteiger partial charge in [0.1, 0.15) is 12.2 Å². The first-order chi connectivity index (χ1) is 23.1. The van der Waals surface area contributed by atoms with E-state index >= 15 is 0 Å². The molecule has 0 radical (unpaired) electrons. The van der Waals surface area contributed by atoms with Crippen molar-refractivity contribution in [3.63, 3.8) is 0 Å². The van der Waals surface area contributed by atoms with Gasteiger partial charge in [-0.05, 0) is 12.8 Å². The fraction of sp³-hybridized carbons (Fsp3) is 1.00. The van der Waals surface area contributed by atoms with Crippen LogP contribution in [0.3, 0.4) is 0 Å². The van der Waals surface area contributed by atoms with Crippen LogP contribution in [0.5, 0.6) is 0 Å². The van der Waals surface area contributed by atoms with Crippen molar-refractivity contribution in [1.29, 1.82) is 0 Å². The zero-order valence-corrected chi connectivity index (χ0v) is 38.3. The van der Waals surface area contributed by atoms with Crippen molar-refractivity contribution in [2.45, 2.75) is 206 Å². The van der Waals surface area contributed by atoms with Gasteiger partial charge in [0.05, 0.1) is 13.2 Å². The summed E-state index contributed by atoms with van der Waals surface area (Å²) in [6.07, 6.45) is 31.5. The fourth-order valence-electron chi connectivity index (χ4n) is 5.89. The summed E-state index contributed by atoms with van der Waals surface area (Å²) in [6, 6.07) is 0. The Kier molecular flexibility index (Phi) is 45.2. The van der Waals surface area contributed by atoms with E-state index in [2.05, 4.69) is 22.2 Å². The topological polar surface area (TPSA) is 151 Å². The number of hydrogen-bond acceptors (Lipinski definition) is 10. The molecule has 0 aliphatic rings. The van der Waals surface area contributed by atoms with Gasteiger partial charge in [-0.3, -0.25) is 8.37 Å². The molecule has 2 atom stereocenters. The minimum absolute atomic E-state index is 0. The van der Waals surface area contributed by atoms with Crippen LogP contribution in [0, 0.1) is 0 Å². The summed E-state index contributed by atoms with van der Waals surface area (Å²) in [4.78, 5) is 0. The monoisotopic (exact) mass is 774 g/mol. The van der Waals surface area contributed by atoms with Gasteiger partial charge in [-0.15, -0.1) is 0 Å². The van der Waals surface area contributed by atoms with E-state index in [-0.39, 0.29) is 72.3 Å². The van der Waals surface area contributed by atoms with Crippen molar-refractivity contribution in [1.82, 2.24) is 0 Å². The maximum absolute atomic E-state index is 11.1. The third kappa shape index (κ3) is 44.1. The molecule has 0 unspecified atom stereocenters. The zero-order chi connectivity index (χ0) is 35.6. The summed E-state index contributed by atoms with van der Waals surface area (Å²) >= 11 is 0. The summed E-state index contributed by atoms with van der Waals surface area (Å²) in [5.74, 6) is 0. The first kappa shape index (κ1) is 56.0. The Morgan fingerprint density at radius 2 is 0.580 bits per heavy atom. The van der Waals surface area contributed by atoms with E-state index in [9.17, 15) is 25.9 Å². The van der Waals surface area contributed by atoms with Crippen LogP contribution in [0.25, 0.3) is 0 Å². The summed E-state index contributed by atoms with van der Waals surface area (Å²) in [5, 5.41) is 0. The molecule has 14 heteroatoms. The molecule has 0 aromatic rings. The summed E-state index contributed by atoms with van der Waals surface area (Å²) in [5.41, 5.74) is 0. The van der Waals surface area contributed by atoms with Crippen LogP contribution < -0.4 is 59.1 Å². The van der Waals surface area contributed by atoms with Gasteiger partial charge in [-0.1, -0.05) is 181 Å². The molecule has 0 aromatic heterocycles. The van der Waals surface area contributed by atoms with Crippen LogP contribution in [0.15, 0.2) is 0 Å². The van der Waals surface area contributed by atoms with Gasteiger partial charge < -0.3 is 18.6 Å². The second-order valence-corrected chi connectivity index (χ2v) is 15.5. The van der Waals surface area contributed by atoms with Gasteiger partial charge >= 0.3 is 59.1 Å². The minimum atomic E-state index is -5.01. The summed E-state index contributed by atoms with van der Waals surface area (Å²) in [7, 11) is -10.0. The van der Waals surface area contributed by atoms with Crippen LogP contribution in [0.4, 0.5) is 0 Å². The fourth-order valence-corrected chi connectivity index (χ4v) is 6.49. The Morgan fingerprint density at radius 3 is 0.780 bits per heavy atom. The van der Waals surface area contributed by atoms with Crippen LogP contribution in [0.2, 0.25) is 0 Å². The van der Waals surface area contributed by atoms with E-state index in [0.717, 1.165) is 38.5 Å². The third-order valence-corrected chi connectivity index (χ3v) is 9.68. The molecule has 0 saturated carbocycles. The Balaban J connectivity index is -0.0000110. The van der Waals surface area contributed by atoms with Crippen molar-refractivity contribution >= 4 is 20.8 Å². The summed E-state index contributed by atoms with van der Waals surface area (Å²) in [6.45, 7) is 3.65. The van der Waals surface area contributed by atoms with Crippen molar-refractivity contribution in [2.75, 3.05) is 26.4 Å². The average Bonchev–Trinajstić information content (AvgIpc) is 3.03. The van der Waals surface area contributed by atoms with Crippen LogP contribution >= 0.6 is 0 Å². The van der Waals surface area contributed by atoms with E-state index in [0.29, 0.717) is 12.8 Å². The Labute approximate surface area is 352 Å². The van der Waals surface area contributed by atoms with Crippen LogP contribution in [-0.2, 0) is 38.6 Å². The maximum Gasteiger partial charge on any atom is 1.00 e. The zero-order valence-electron chi connectivity index (χ0n) is 32.7. The normalized spacial score (nSPS) is 13.1. The smallest absolute Gasteiger partial charge is 0.726 e. The van der Waals surface area contributed by atoms with Crippen LogP contribution in [-0.4, -0.2) is 64.6 Å². The molecular formula is C36H72Na2O10S2. The molecule has 0 heterocycles. The standard InChI is InChI=1S/C36H74O10S2.2Na/c1-3-5-7-9-11-13-15-17-19-21-23-25-27-29-31-43-35(33-45-47(37,38)39)36(34-46-48(40,41)42)44-32-30-28-26-24-22-20-18-16-14-12-10-8-6-4-2;;/h35-36H,3-34H2,1-2H3,(H,37,38,39)(H,40,41,42);;/q;2*+1/p-2/t35-,36-;;/m0../s1. The second kappa shape index (κ2) is 40.3. The average molecular weight is 775 g/mol. The first-order valence-corrected chi connectivity index (χ1v) is 22.2. The van der Waals surface area contributed by atoms with Crippen molar-refractivity contribution in [2.24, 2.45) is 0 Å². The van der Waals surface area contributed by atoms with Gasteiger partial charge in [0.2, 0.25) is 20.8 Å². The van der Waals surface area contributed by atoms with Gasteiger partial charge in [-0.2, -0.15) is 0 Å².